The molecule has 3 aromatic carbocycles. The van der Waals surface area contributed by atoms with Crippen LogP contribution in [0.15, 0.2) is 66.7 Å². The molecular formula is C34H40Cl3N3O4S. The second-order valence-electron chi connectivity index (χ2n) is 11.7. The average molecular weight is 693 g/mol. The summed E-state index contributed by atoms with van der Waals surface area (Å²) in [4.78, 5) is 29.7. The largest absolute Gasteiger partial charge is 0.352 e. The summed E-state index contributed by atoms with van der Waals surface area (Å²) in [5.41, 5.74) is 2.79. The normalized spacial score (nSPS) is 14.5. The Kier molecular flexibility index (Phi) is 12.6. The molecule has 0 spiro atoms. The third kappa shape index (κ3) is 10.1. The summed E-state index contributed by atoms with van der Waals surface area (Å²) in [5, 5.41) is 4.50. The summed E-state index contributed by atoms with van der Waals surface area (Å²) in [6, 6.07) is 19.0. The highest BCUT2D eigenvalue weighted by molar-refractivity contribution is 7.92. The molecule has 11 heteroatoms. The number of amides is 2. The van der Waals surface area contributed by atoms with Gasteiger partial charge in [0.2, 0.25) is 21.8 Å². The molecule has 1 aliphatic carbocycles. The zero-order chi connectivity index (χ0) is 32.6. The van der Waals surface area contributed by atoms with Crippen LogP contribution in [0.3, 0.4) is 0 Å². The van der Waals surface area contributed by atoms with Gasteiger partial charge in [-0.05, 0) is 67.1 Å². The average Bonchev–Trinajstić information content (AvgIpc) is 2.99. The minimum atomic E-state index is -3.66. The van der Waals surface area contributed by atoms with Gasteiger partial charge in [0.05, 0.1) is 11.9 Å². The summed E-state index contributed by atoms with van der Waals surface area (Å²) in [6.45, 7) is 1.97. The van der Waals surface area contributed by atoms with Crippen molar-refractivity contribution >= 4 is 62.3 Å². The SMILES string of the molecule is Cc1ccc(Cl)cc1N(CCCC(=O)N(Cc1ccc(Cl)cc1Cl)[C@@H](Cc1ccccc1)C(=O)NC1CCCCC1)S(C)(=O)=O. The van der Waals surface area contributed by atoms with Gasteiger partial charge in [-0.25, -0.2) is 8.42 Å². The second kappa shape index (κ2) is 16.2. The highest BCUT2D eigenvalue weighted by Gasteiger charge is 2.32. The molecular weight excluding hydrogens is 653 g/mol. The molecule has 0 radical (unpaired) electrons. The summed E-state index contributed by atoms with van der Waals surface area (Å²) < 4.78 is 26.9. The van der Waals surface area contributed by atoms with Gasteiger partial charge < -0.3 is 10.2 Å². The minimum Gasteiger partial charge on any atom is -0.352 e. The van der Waals surface area contributed by atoms with E-state index in [1.807, 2.05) is 37.3 Å². The molecule has 0 aromatic heterocycles. The maximum Gasteiger partial charge on any atom is 0.243 e. The number of halogens is 3. The van der Waals surface area contributed by atoms with Crippen LogP contribution in [-0.4, -0.2) is 50.0 Å². The van der Waals surface area contributed by atoms with Crippen molar-refractivity contribution in [2.75, 3.05) is 17.1 Å². The number of nitrogens with one attached hydrogen (secondary N) is 1. The van der Waals surface area contributed by atoms with Crippen LogP contribution in [0.25, 0.3) is 0 Å². The van der Waals surface area contributed by atoms with Gasteiger partial charge in [0.15, 0.2) is 0 Å². The van der Waals surface area contributed by atoms with Crippen LogP contribution in [0.2, 0.25) is 15.1 Å². The fraction of sp³-hybridized carbons (Fsp3) is 0.412. The van der Waals surface area contributed by atoms with Crippen molar-refractivity contribution < 1.29 is 18.0 Å². The van der Waals surface area contributed by atoms with Gasteiger partial charge in [-0.2, -0.15) is 0 Å². The van der Waals surface area contributed by atoms with E-state index in [2.05, 4.69) is 5.32 Å². The molecule has 1 N–H and O–H groups in total. The van der Waals surface area contributed by atoms with Gasteiger partial charge >= 0.3 is 0 Å². The van der Waals surface area contributed by atoms with Crippen molar-refractivity contribution in [1.29, 1.82) is 0 Å². The second-order valence-corrected chi connectivity index (χ2v) is 14.9. The molecule has 7 nitrogen and oxygen atoms in total. The maximum absolute atomic E-state index is 14.1. The lowest BCUT2D eigenvalue weighted by molar-refractivity contribution is -0.141. The Morgan fingerprint density at radius 1 is 0.933 bits per heavy atom. The highest BCUT2D eigenvalue weighted by atomic mass is 35.5. The van der Waals surface area contributed by atoms with E-state index in [0.717, 1.165) is 49.5 Å². The van der Waals surface area contributed by atoms with Crippen LogP contribution in [0.4, 0.5) is 5.69 Å². The number of hydrogen-bond donors (Lipinski definition) is 1. The van der Waals surface area contributed by atoms with E-state index in [1.54, 1.807) is 41.3 Å². The van der Waals surface area contributed by atoms with Crippen molar-refractivity contribution in [2.24, 2.45) is 0 Å². The predicted molar refractivity (Wildman–Crippen MR) is 184 cm³/mol. The standard InChI is InChI=1S/C34H40Cl3N3O4S/c1-24-15-17-28(36)22-31(24)40(45(2,43)44)19-9-14-33(41)39(23-26-16-18-27(35)21-30(26)37)32(20-25-10-5-3-6-11-25)34(42)38-29-12-7-4-8-13-29/h3,5-6,10-11,15-18,21-22,29,32H,4,7-9,12-14,19-20,23H2,1-2H3,(H,38,42)/t32-/m0/s1. The zero-order valence-corrected chi connectivity index (χ0v) is 28.7. The first-order valence-corrected chi connectivity index (χ1v) is 18.2. The fourth-order valence-electron chi connectivity index (χ4n) is 5.77. The quantitative estimate of drug-likeness (QED) is 0.200. The molecule has 0 aliphatic heterocycles. The maximum atomic E-state index is 14.1. The Hall–Kier alpha value is -2.78. The van der Waals surface area contributed by atoms with Gasteiger partial charge in [-0.3, -0.25) is 13.9 Å². The number of hydrogen-bond acceptors (Lipinski definition) is 4. The van der Waals surface area contributed by atoms with Crippen LogP contribution in [0, 0.1) is 6.92 Å². The summed E-state index contributed by atoms with van der Waals surface area (Å²) in [6.07, 6.45) is 6.77. The topological polar surface area (TPSA) is 86.8 Å². The van der Waals surface area contributed by atoms with E-state index < -0.39 is 16.1 Å². The Bertz CT molecular complexity index is 1580. The number of rotatable bonds is 13. The van der Waals surface area contributed by atoms with E-state index in [1.165, 1.54) is 4.31 Å². The number of carbonyl (C=O) groups is 2. The molecule has 3 aromatic rings. The molecule has 45 heavy (non-hydrogen) atoms. The summed E-state index contributed by atoms with van der Waals surface area (Å²) >= 11 is 18.9. The number of benzene rings is 3. The van der Waals surface area contributed by atoms with Crippen LogP contribution >= 0.6 is 34.8 Å². The molecule has 0 bridgehead atoms. The molecule has 0 saturated heterocycles. The number of sulfonamides is 1. The lowest BCUT2D eigenvalue weighted by Crippen LogP contribution is -2.53. The monoisotopic (exact) mass is 691 g/mol. The lowest BCUT2D eigenvalue weighted by Gasteiger charge is -2.34. The first-order valence-electron chi connectivity index (χ1n) is 15.2. The van der Waals surface area contributed by atoms with Crippen molar-refractivity contribution in [3.63, 3.8) is 0 Å². The van der Waals surface area contributed by atoms with Gasteiger partial charge in [0, 0.05) is 47.0 Å². The number of nitrogens with zero attached hydrogens (tertiary/aromatic N) is 2. The highest BCUT2D eigenvalue weighted by Crippen LogP contribution is 2.28. The van der Waals surface area contributed by atoms with Crippen molar-refractivity contribution in [1.82, 2.24) is 10.2 Å². The first-order chi connectivity index (χ1) is 21.4. The molecule has 0 unspecified atom stereocenters. The third-order valence-corrected chi connectivity index (χ3v) is 10.2. The minimum absolute atomic E-state index is 0.0127. The molecule has 242 valence electrons. The van der Waals surface area contributed by atoms with Crippen molar-refractivity contribution in [2.45, 2.75) is 76.9 Å². The predicted octanol–water partition coefficient (Wildman–Crippen LogP) is 7.59. The summed E-state index contributed by atoms with van der Waals surface area (Å²) in [7, 11) is -3.66. The number of carbonyl (C=O) groups excluding carboxylic acids is 2. The van der Waals surface area contributed by atoms with Gasteiger partial charge in [0.25, 0.3) is 0 Å². The Balaban J connectivity index is 1.63. The van der Waals surface area contributed by atoms with Crippen LogP contribution in [0.1, 0.15) is 61.6 Å². The molecule has 1 fully saturated rings. The zero-order valence-electron chi connectivity index (χ0n) is 25.6. The van der Waals surface area contributed by atoms with Crippen LogP contribution in [0.5, 0.6) is 0 Å². The molecule has 4 rings (SSSR count). The first kappa shape index (κ1) is 35.1. The Morgan fingerprint density at radius 3 is 2.27 bits per heavy atom. The fourth-order valence-corrected chi connectivity index (χ4v) is 7.41. The molecule has 1 atom stereocenters. The number of aryl methyl sites for hydroxylation is 1. The molecule has 0 heterocycles. The van der Waals surface area contributed by atoms with E-state index in [9.17, 15) is 18.0 Å². The van der Waals surface area contributed by atoms with Gasteiger partial charge in [-0.1, -0.05) is 96.5 Å². The van der Waals surface area contributed by atoms with Gasteiger partial charge in [-0.15, -0.1) is 0 Å². The van der Waals surface area contributed by atoms with E-state index in [0.29, 0.717) is 32.7 Å². The Morgan fingerprint density at radius 2 is 1.60 bits per heavy atom. The van der Waals surface area contributed by atoms with E-state index in [-0.39, 0.29) is 43.8 Å². The lowest BCUT2D eigenvalue weighted by atomic mass is 9.94. The molecule has 1 saturated carbocycles. The third-order valence-electron chi connectivity index (χ3n) is 8.17. The smallest absolute Gasteiger partial charge is 0.243 e. The van der Waals surface area contributed by atoms with E-state index in [4.69, 9.17) is 34.8 Å². The van der Waals surface area contributed by atoms with Crippen LogP contribution in [-0.2, 0) is 32.6 Å². The number of anilines is 1. The van der Waals surface area contributed by atoms with Crippen molar-refractivity contribution in [3.8, 4) is 0 Å². The van der Waals surface area contributed by atoms with Gasteiger partial charge in [0.1, 0.15) is 6.04 Å². The van der Waals surface area contributed by atoms with E-state index >= 15 is 0 Å². The van der Waals surface area contributed by atoms with Crippen LogP contribution < -0.4 is 9.62 Å². The summed E-state index contributed by atoms with van der Waals surface area (Å²) in [5.74, 6) is -0.492. The van der Waals surface area contributed by atoms with Crippen molar-refractivity contribution in [3.05, 3.63) is 98.5 Å². The molecule has 1 aliphatic rings. The molecule has 2 amide bonds. The Labute approximate surface area is 281 Å².